The summed E-state index contributed by atoms with van der Waals surface area (Å²) in [5, 5.41) is 2.68. The third kappa shape index (κ3) is 4.62. The van der Waals surface area contributed by atoms with E-state index in [1.807, 2.05) is 0 Å². The Morgan fingerprint density at radius 1 is 1.08 bits per heavy atom. The zero-order chi connectivity index (χ0) is 18.4. The molecule has 2 heterocycles. The van der Waals surface area contributed by atoms with Gasteiger partial charge in [-0.1, -0.05) is 18.9 Å². The molecule has 2 aromatic rings. The lowest BCUT2D eigenvalue weighted by Crippen LogP contribution is -2.32. The number of hydrogen-bond donors (Lipinski definition) is 1. The van der Waals surface area contributed by atoms with E-state index in [2.05, 4.69) is 5.32 Å². The summed E-state index contributed by atoms with van der Waals surface area (Å²) in [5.74, 6) is 0.211. The van der Waals surface area contributed by atoms with Gasteiger partial charge < -0.3 is 9.73 Å². The third-order valence-electron chi connectivity index (χ3n) is 4.25. The molecule has 1 aliphatic rings. The average Bonchev–Trinajstić information content (AvgIpc) is 2.99. The molecule has 7 heteroatoms. The van der Waals surface area contributed by atoms with Crippen molar-refractivity contribution in [3.63, 3.8) is 0 Å². The summed E-state index contributed by atoms with van der Waals surface area (Å²) in [6.45, 7) is 1.09. The molecular formula is C19H22N2O4S. The molecule has 1 N–H and O–H groups in total. The van der Waals surface area contributed by atoms with E-state index in [0.717, 1.165) is 25.7 Å². The number of nitrogens with one attached hydrogen (secondary N) is 1. The van der Waals surface area contributed by atoms with Crippen molar-refractivity contribution in [2.75, 3.05) is 18.4 Å². The number of hydrogen-bond acceptors (Lipinski definition) is 4. The maximum atomic E-state index is 12.8. The molecule has 26 heavy (non-hydrogen) atoms. The number of benzene rings is 1. The van der Waals surface area contributed by atoms with Gasteiger partial charge in [0.2, 0.25) is 15.9 Å². The molecule has 6 nitrogen and oxygen atoms in total. The van der Waals surface area contributed by atoms with Gasteiger partial charge in [-0.15, -0.1) is 0 Å². The lowest BCUT2D eigenvalue weighted by Gasteiger charge is -2.20. The number of nitrogens with zero attached hydrogens (tertiary/aromatic N) is 1. The van der Waals surface area contributed by atoms with E-state index in [1.54, 1.807) is 36.4 Å². The Balaban J connectivity index is 1.72. The van der Waals surface area contributed by atoms with E-state index >= 15 is 0 Å². The number of amides is 1. The van der Waals surface area contributed by atoms with Gasteiger partial charge in [-0.05, 0) is 49.2 Å². The van der Waals surface area contributed by atoms with Crippen LogP contribution in [0.25, 0.3) is 6.08 Å². The zero-order valence-corrected chi connectivity index (χ0v) is 15.2. The summed E-state index contributed by atoms with van der Waals surface area (Å²) in [6, 6.07) is 9.83. The van der Waals surface area contributed by atoms with E-state index in [-0.39, 0.29) is 10.8 Å². The van der Waals surface area contributed by atoms with Crippen LogP contribution in [0, 0.1) is 0 Å². The number of furan rings is 1. The van der Waals surface area contributed by atoms with Gasteiger partial charge in [-0.3, -0.25) is 4.79 Å². The minimum atomic E-state index is -3.54. The lowest BCUT2D eigenvalue weighted by molar-refractivity contribution is -0.111. The van der Waals surface area contributed by atoms with Gasteiger partial charge in [0, 0.05) is 24.9 Å². The van der Waals surface area contributed by atoms with E-state index in [0.29, 0.717) is 24.5 Å². The second kappa shape index (κ2) is 8.33. The molecule has 1 aliphatic heterocycles. The van der Waals surface area contributed by atoms with Gasteiger partial charge in [0.1, 0.15) is 5.76 Å². The zero-order valence-electron chi connectivity index (χ0n) is 14.4. The monoisotopic (exact) mass is 374 g/mol. The maximum Gasteiger partial charge on any atom is 0.248 e. The predicted octanol–water partition coefficient (Wildman–Crippen LogP) is 3.50. The normalized spacial score (nSPS) is 16.5. The summed E-state index contributed by atoms with van der Waals surface area (Å²) < 4.78 is 32.4. The van der Waals surface area contributed by atoms with Crippen LogP contribution in [0.15, 0.2) is 58.1 Å². The van der Waals surface area contributed by atoms with Gasteiger partial charge in [0.15, 0.2) is 0 Å². The number of rotatable bonds is 5. The first-order valence-corrected chi connectivity index (χ1v) is 10.1. The van der Waals surface area contributed by atoms with E-state index < -0.39 is 10.0 Å². The molecular weight excluding hydrogens is 352 g/mol. The minimum Gasteiger partial charge on any atom is -0.465 e. The van der Waals surface area contributed by atoms with Crippen LogP contribution in [0.4, 0.5) is 5.69 Å². The first kappa shape index (κ1) is 18.4. The fraction of sp³-hybridized carbons (Fsp3) is 0.316. The Hall–Kier alpha value is -2.38. The first-order valence-electron chi connectivity index (χ1n) is 8.68. The van der Waals surface area contributed by atoms with Crippen molar-refractivity contribution >= 4 is 27.7 Å². The minimum absolute atomic E-state index is 0.201. The summed E-state index contributed by atoms with van der Waals surface area (Å²) >= 11 is 0. The average molecular weight is 374 g/mol. The molecule has 1 amide bonds. The van der Waals surface area contributed by atoms with Gasteiger partial charge in [-0.2, -0.15) is 4.31 Å². The number of carbonyl (C=O) groups excluding carboxylic acids is 1. The second-order valence-corrected chi connectivity index (χ2v) is 8.12. The van der Waals surface area contributed by atoms with Crippen LogP contribution in [0.3, 0.4) is 0 Å². The molecule has 0 aliphatic carbocycles. The van der Waals surface area contributed by atoms with Crippen molar-refractivity contribution in [3.05, 3.63) is 54.5 Å². The topological polar surface area (TPSA) is 79.6 Å². The Bertz CT molecular complexity index is 865. The van der Waals surface area contributed by atoms with Crippen molar-refractivity contribution < 1.29 is 17.6 Å². The predicted molar refractivity (Wildman–Crippen MR) is 100 cm³/mol. The van der Waals surface area contributed by atoms with E-state index in [4.69, 9.17) is 4.42 Å². The third-order valence-corrected chi connectivity index (χ3v) is 6.14. The first-order chi connectivity index (χ1) is 12.6. The van der Waals surface area contributed by atoms with Crippen molar-refractivity contribution in [1.29, 1.82) is 0 Å². The number of carbonyl (C=O) groups is 1. The molecule has 1 aromatic carbocycles. The molecule has 0 unspecified atom stereocenters. The van der Waals surface area contributed by atoms with Crippen LogP contribution >= 0.6 is 0 Å². The standard InChI is InChI=1S/C19H22N2O4S/c22-19(11-10-17-8-6-14-25-17)20-16-7-5-9-18(15-16)26(23,24)21-12-3-1-2-4-13-21/h5-11,14-15H,1-4,12-13H2,(H,20,22)/b11-10+. The Kier molecular flexibility index (Phi) is 5.90. The van der Waals surface area contributed by atoms with Crippen LogP contribution < -0.4 is 5.32 Å². The molecule has 1 saturated heterocycles. The number of anilines is 1. The fourth-order valence-electron chi connectivity index (χ4n) is 2.89. The van der Waals surface area contributed by atoms with Crippen LogP contribution in [-0.2, 0) is 14.8 Å². The Morgan fingerprint density at radius 2 is 1.85 bits per heavy atom. The molecule has 0 spiro atoms. The fourth-order valence-corrected chi connectivity index (χ4v) is 4.46. The SMILES string of the molecule is O=C(/C=C/c1ccco1)Nc1cccc(S(=O)(=O)N2CCCCCC2)c1. The molecule has 0 radical (unpaired) electrons. The van der Waals surface area contributed by atoms with Crippen molar-refractivity contribution in [2.45, 2.75) is 30.6 Å². The molecule has 138 valence electrons. The summed E-state index contributed by atoms with van der Waals surface area (Å²) in [7, 11) is -3.54. The lowest BCUT2D eigenvalue weighted by atomic mass is 10.2. The maximum absolute atomic E-state index is 12.8. The molecule has 0 atom stereocenters. The van der Waals surface area contributed by atoms with Gasteiger partial charge >= 0.3 is 0 Å². The van der Waals surface area contributed by atoms with E-state index in [1.165, 1.54) is 22.7 Å². The molecule has 3 rings (SSSR count). The molecule has 1 fully saturated rings. The smallest absolute Gasteiger partial charge is 0.248 e. The highest BCUT2D eigenvalue weighted by atomic mass is 32.2. The van der Waals surface area contributed by atoms with Gasteiger partial charge in [0.05, 0.1) is 11.2 Å². The van der Waals surface area contributed by atoms with Crippen LogP contribution in [0.1, 0.15) is 31.4 Å². The van der Waals surface area contributed by atoms with Crippen LogP contribution in [-0.4, -0.2) is 31.7 Å². The quantitative estimate of drug-likeness (QED) is 0.813. The summed E-state index contributed by atoms with van der Waals surface area (Å²) in [5.41, 5.74) is 0.440. The highest BCUT2D eigenvalue weighted by Crippen LogP contribution is 2.22. The Labute approximate surface area is 153 Å². The molecule has 1 aromatic heterocycles. The van der Waals surface area contributed by atoms with Crippen molar-refractivity contribution in [3.8, 4) is 0 Å². The van der Waals surface area contributed by atoms with Crippen LogP contribution in [0.5, 0.6) is 0 Å². The molecule has 0 saturated carbocycles. The Morgan fingerprint density at radius 3 is 2.54 bits per heavy atom. The van der Waals surface area contributed by atoms with Crippen molar-refractivity contribution in [2.24, 2.45) is 0 Å². The summed E-state index contributed by atoms with van der Waals surface area (Å²) in [6.07, 6.45) is 8.30. The second-order valence-electron chi connectivity index (χ2n) is 6.18. The molecule has 0 bridgehead atoms. The highest BCUT2D eigenvalue weighted by molar-refractivity contribution is 7.89. The number of sulfonamides is 1. The van der Waals surface area contributed by atoms with E-state index in [9.17, 15) is 13.2 Å². The van der Waals surface area contributed by atoms with Gasteiger partial charge in [0.25, 0.3) is 0 Å². The largest absolute Gasteiger partial charge is 0.465 e. The summed E-state index contributed by atoms with van der Waals surface area (Å²) in [4.78, 5) is 12.2. The van der Waals surface area contributed by atoms with Gasteiger partial charge in [-0.25, -0.2) is 8.42 Å². The van der Waals surface area contributed by atoms with Crippen LogP contribution in [0.2, 0.25) is 0 Å². The van der Waals surface area contributed by atoms with Crippen molar-refractivity contribution in [1.82, 2.24) is 4.31 Å². The highest BCUT2D eigenvalue weighted by Gasteiger charge is 2.25.